The van der Waals surface area contributed by atoms with Gasteiger partial charge in [-0.15, -0.1) is 0 Å². The van der Waals surface area contributed by atoms with Crippen LogP contribution in [0.15, 0.2) is 28.7 Å². The number of aliphatic carboxylic acids is 1. The highest BCUT2D eigenvalue weighted by Gasteiger charge is 2.27. The van der Waals surface area contributed by atoms with Crippen LogP contribution in [0, 0.1) is 0 Å². The van der Waals surface area contributed by atoms with Gasteiger partial charge in [-0.25, -0.2) is 0 Å². The van der Waals surface area contributed by atoms with Crippen molar-refractivity contribution in [2.45, 2.75) is 18.9 Å². The lowest BCUT2D eigenvalue weighted by molar-refractivity contribution is -0.138. The van der Waals surface area contributed by atoms with Crippen LogP contribution in [-0.4, -0.2) is 41.5 Å². The number of hydrogen-bond acceptors (Lipinski definition) is 3. The first-order valence-corrected chi connectivity index (χ1v) is 7.33. The van der Waals surface area contributed by atoms with Gasteiger partial charge in [0.25, 0.3) is 0 Å². The quantitative estimate of drug-likeness (QED) is 0.857. The van der Waals surface area contributed by atoms with Crippen LogP contribution in [-0.2, 0) is 9.59 Å². The number of nitrogens with zero attached hydrogens (tertiary/aromatic N) is 1. The SMILES string of the molecule is O=C(O)CNC(=O)CN1CCCC1c1ccc(Br)cc1. The molecule has 1 aliphatic rings. The minimum absolute atomic E-state index is 0.235. The third-order valence-corrected chi connectivity index (χ3v) is 3.93. The van der Waals surface area contributed by atoms with E-state index in [2.05, 4.69) is 38.3 Å². The van der Waals surface area contributed by atoms with Crippen molar-refractivity contribution in [3.8, 4) is 0 Å². The molecule has 1 atom stereocenters. The van der Waals surface area contributed by atoms with E-state index < -0.39 is 5.97 Å². The number of rotatable bonds is 5. The zero-order valence-corrected chi connectivity index (χ0v) is 12.6. The molecule has 0 aliphatic carbocycles. The molecule has 0 aromatic heterocycles. The Morgan fingerprint density at radius 3 is 2.70 bits per heavy atom. The molecule has 1 aliphatic heterocycles. The topological polar surface area (TPSA) is 69.6 Å². The molecular formula is C14H17BrN2O3. The molecule has 108 valence electrons. The van der Waals surface area contributed by atoms with Gasteiger partial charge in [0.05, 0.1) is 6.54 Å². The molecule has 20 heavy (non-hydrogen) atoms. The largest absolute Gasteiger partial charge is 0.480 e. The number of nitrogens with one attached hydrogen (secondary N) is 1. The molecule has 2 N–H and O–H groups in total. The van der Waals surface area contributed by atoms with E-state index in [1.54, 1.807) is 0 Å². The van der Waals surface area contributed by atoms with Gasteiger partial charge in [-0.3, -0.25) is 14.5 Å². The number of likely N-dealkylation sites (tertiary alicyclic amines) is 1. The van der Waals surface area contributed by atoms with Crippen molar-refractivity contribution in [2.75, 3.05) is 19.6 Å². The number of benzene rings is 1. The number of hydrogen-bond donors (Lipinski definition) is 2. The number of carboxylic acids is 1. The lowest BCUT2D eigenvalue weighted by Crippen LogP contribution is -2.39. The van der Waals surface area contributed by atoms with Gasteiger partial charge in [0, 0.05) is 10.5 Å². The van der Waals surface area contributed by atoms with Crippen LogP contribution in [0.1, 0.15) is 24.4 Å². The standard InChI is InChI=1S/C14H17BrN2O3/c15-11-5-3-10(4-6-11)12-2-1-7-17(12)9-13(18)16-8-14(19)20/h3-6,12H,1-2,7-9H2,(H,16,18)(H,19,20). The van der Waals surface area contributed by atoms with E-state index >= 15 is 0 Å². The Balaban J connectivity index is 1.95. The van der Waals surface area contributed by atoms with Crippen molar-refractivity contribution in [1.29, 1.82) is 0 Å². The van der Waals surface area contributed by atoms with Crippen molar-refractivity contribution in [3.05, 3.63) is 34.3 Å². The molecule has 1 amide bonds. The second-order valence-corrected chi connectivity index (χ2v) is 5.77. The Hall–Kier alpha value is -1.40. The number of halogens is 1. The van der Waals surface area contributed by atoms with E-state index in [0.717, 1.165) is 23.9 Å². The monoisotopic (exact) mass is 340 g/mol. The fourth-order valence-corrected chi connectivity index (χ4v) is 2.76. The van der Waals surface area contributed by atoms with Gasteiger partial charge in [0.1, 0.15) is 6.54 Å². The number of carboxylic acid groups (broad SMARTS) is 1. The molecule has 0 radical (unpaired) electrons. The summed E-state index contributed by atoms with van der Waals surface area (Å²) < 4.78 is 1.03. The maximum atomic E-state index is 11.7. The van der Waals surface area contributed by atoms with E-state index in [-0.39, 0.29) is 25.0 Å². The minimum Gasteiger partial charge on any atom is -0.480 e. The molecule has 1 unspecified atom stereocenters. The minimum atomic E-state index is -1.02. The molecular weight excluding hydrogens is 324 g/mol. The number of carbonyl (C=O) groups excluding carboxylic acids is 1. The summed E-state index contributed by atoms with van der Waals surface area (Å²) in [6.45, 7) is 0.783. The smallest absolute Gasteiger partial charge is 0.322 e. The molecule has 1 saturated heterocycles. The summed E-state index contributed by atoms with van der Waals surface area (Å²) in [5, 5.41) is 10.9. The highest BCUT2D eigenvalue weighted by molar-refractivity contribution is 9.10. The Labute approximate surface area is 126 Å². The molecule has 6 heteroatoms. The van der Waals surface area contributed by atoms with Crippen LogP contribution in [0.5, 0.6) is 0 Å². The molecule has 1 heterocycles. The van der Waals surface area contributed by atoms with Gasteiger partial charge >= 0.3 is 5.97 Å². The van der Waals surface area contributed by atoms with Gasteiger partial charge in [0.15, 0.2) is 0 Å². The first kappa shape index (κ1) is 15.0. The third-order valence-electron chi connectivity index (χ3n) is 3.40. The summed E-state index contributed by atoms with van der Waals surface area (Å²) in [4.78, 5) is 24.2. The second-order valence-electron chi connectivity index (χ2n) is 4.85. The van der Waals surface area contributed by atoms with Gasteiger partial charge in [-0.2, -0.15) is 0 Å². The van der Waals surface area contributed by atoms with E-state index in [1.165, 1.54) is 5.56 Å². The molecule has 0 spiro atoms. The molecule has 5 nitrogen and oxygen atoms in total. The summed E-state index contributed by atoms with van der Waals surface area (Å²) in [6.07, 6.45) is 2.07. The summed E-state index contributed by atoms with van der Waals surface area (Å²) in [5.74, 6) is -1.26. The van der Waals surface area contributed by atoms with E-state index in [0.29, 0.717) is 0 Å². The molecule has 1 fully saturated rings. The Morgan fingerprint density at radius 2 is 2.05 bits per heavy atom. The fourth-order valence-electron chi connectivity index (χ4n) is 2.49. The van der Waals surface area contributed by atoms with Gasteiger partial charge in [-0.05, 0) is 37.1 Å². The van der Waals surface area contributed by atoms with Crippen molar-refractivity contribution >= 4 is 27.8 Å². The van der Waals surface area contributed by atoms with E-state index in [9.17, 15) is 9.59 Å². The second kappa shape index (κ2) is 6.85. The van der Waals surface area contributed by atoms with Crippen LogP contribution in [0.4, 0.5) is 0 Å². The first-order valence-electron chi connectivity index (χ1n) is 6.54. The lowest BCUT2D eigenvalue weighted by Gasteiger charge is -2.24. The third kappa shape index (κ3) is 4.05. The zero-order chi connectivity index (χ0) is 14.5. The summed E-state index contributed by atoms with van der Waals surface area (Å²) in [6, 6.07) is 8.34. The molecule has 1 aromatic rings. The number of amides is 1. The van der Waals surface area contributed by atoms with Crippen LogP contribution < -0.4 is 5.32 Å². The van der Waals surface area contributed by atoms with Crippen molar-refractivity contribution < 1.29 is 14.7 Å². The molecule has 0 saturated carbocycles. The lowest BCUT2D eigenvalue weighted by atomic mass is 10.0. The Kier molecular flexibility index (Phi) is 5.14. The summed E-state index contributed by atoms with van der Waals surface area (Å²) in [5.41, 5.74) is 1.19. The Morgan fingerprint density at radius 1 is 1.35 bits per heavy atom. The van der Waals surface area contributed by atoms with Crippen LogP contribution >= 0.6 is 15.9 Å². The summed E-state index contributed by atoms with van der Waals surface area (Å²) >= 11 is 3.41. The van der Waals surface area contributed by atoms with Crippen molar-refractivity contribution in [2.24, 2.45) is 0 Å². The van der Waals surface area contributed by atoms with Crippen molar-refractivity contribution in [1.82, 2.24) is 10.2 Å². The van der Waals surface area contributed by atoms with Gasteiger partial charge < -0.3 is 10.4 Å². The maximum Gasteiger partial charge on any atom is 0.322 e. The highest BCUT2D eigenvalue weighted by atomic mass is 79.9. The van der Waals surface area contributed by atoms with Crippen LogP contribution in [0.2, 0.25) is 0 Å². The fraction of sp³-hybridized carbons (Fsp3) is 0.429. The van der Waals surface area contributed by atoms with E-state index in [1.807, 2.05) is 12.1 Å². The molecule has 1 aromatic carbocycles. The average Bonchev–Trinajstić information content (AvgIpc) is 2.85. The van der Waals surface area contributed by atoms with Crippen molar-refractivity contribution in [3.63, 3.8) is 0 Å². The molecule has 2 rings (SSSR count). The molecule has 0 bridgehead atoms. The normalized spacial score (nSPS) is 18.9. The average molecular weight is 341 g/mol. The maximum absolute atomic E-state index is 11.7. The van der Waals surface area contributed by atoms with E-state index in [4.69, 9.17) is 5.11 Å². The Bertz CT molecular complexity index is 490. The van der Waals surface area contributed by atoms with Crippen LogP contribution in [0.25, 0.3) is 0 Å². The zero-order valence-electron chi connectivity index (χ0n) is 11.0. The van der Waals surface area contributed by atoms with Crippen LogP contribution in [0.3, 0.4) is 0 Å². The predicted octanol–water partition coefficient (Wildman–Crippen LogP) is 1.79. The summed E-state index contributed by atoms with van der Waals surface area (Å²) in [7, 11) is 0. The highest BCUT2D eigenvalue weighted by Crippen LogP contribution is 2.31. The van der Waals surface area contributed by atoms with Gasteiger partial charge in [0.2, 0.25) is 5.91 Å². The predicted molar refractivity (Wildman–Crippen MR) is 78.3 cm³/mol. The number of carbonyl (C=O) groups is 2. The first-order chi connectivity index (χ1) is 9.56. The van der Waals surface area contributed by atoms with Gasteiger partial charge in [-0.1, -0.05) is 28.1 Å².